The summed E-state index contributed by atoms with van der Waals surface area (Å²) in [6.07, 6.45) is 3.34. The number of anilines is 1. The van der Waals surface area contributed by atoms with Gasteiger partial charge in [0.15, 0.2) is 5.75 Å². The summed E-state index contributed by atoms with van der Waals surface area (Å²) in [5.41, 5.74) is 2.78. The van der Waals surface area contributed by atoms with E-state index in [9.17, 15) is 19.8 Å². The molecule has 0 saturated carbocycles. The van der Waals surface area contributed by atoms with Gasteiger partial charge in [0.05, 0.1) is 35.6 Å². The Morgan fingerprint density at radius 1 is 1.15 bits per heavy atom. The molecule has 178 valence electrons. The van der Waals surface area contributed by atoms with Gasteiger partial charge in [0, 0.05) is 12.1 Å². The molecular formula is C27H31N3O4. The van der Waals surface area contributed by atoms with E-state index in [1.165, 1.54) is 0 Å². The highest BCUT2D eigenvalue weighted by Gasteiger charge is 2.35. The van der Waals surface area contributed by atoms with E-state index in [1.54, 1.807) is 23.1 Å². The van der Waals surface area contributed by atoms with Gasteiger partial charge in [0.1, 0.15) is 5.70 Å². The summed E-state index contributed by atoms with van der Waals surface area (Å²) in [5.74, 6) is -0.683. The molecule has 1 amide bonds. The second kappa shape index (κ2) is 10.1. The molecule has 2 aromatic carbocycles. The summed E-state index contributed by atoms with van der Waals surface area (Å²) in [5, 5.41) is 27.0. The van der Waals surface area contributed by atoms with Crippen LogP contribution in [0.4, 0.5) is 5.69 Å². The highest BCUT2D eigenvalue weighted by Crippen LogP contribution is 2.36. The number of hydrogen-bond donors (Lipinski definition) is 4. The quantitative estimate of drug-likeness (QED) is 0.352. The molecule has 1 saturated heterocycles. The number of phenols is 1. The van der Waals surface area contributed by atoms with E-state index in [1.807, 2.05) is 37.3 Å². The standard InChI is InChI=1S/C27H31N3O4/c1-3-21(18-10-5-4-6-11-18)28-24-23(17(2)25(24)32)29-22-14-9-13-20(26(22)33)27(34)30-15-8-7-12-19(30)16-31/h4-6,9-11,13-14,19,21,28-29,31,33H,2-3,7-8,12,15-16H2,1H3/t19?,21-/m1/s1. The molecule has 1 aliphatic heterocycles. The molecule has 4 N–H and O–H groups in total. The molecule has 2 aromatic rings. The highest BCUT2D eigenvalue weighted by molar-refractivity contribution is 6.20. The molecule has 0 bridgehead atoms. The number of carbonyl (C=O) groups is 2. The molecule has 0 aromatic heterocycles. The molecule has 34 heavy (non-hydrogen) atoms. The normalized spacial score (nSPS) is 19.0. The molecule has 1 aliphatic carbocycles. The van der Waals surface area contributed by atoms with Crippen LogP contribution >= 0.6 is 0 Å². The van der Waals surface area contributed by atoms with Crippen LogP contribution in [-0.2, 0) is 4.79 Å². The minimum Gasteiger partial charge on any atom is -0.505 e. The Morgan fingerprint density at radius 2 is 1.91 bits per heavy atom. The van der Waals surface area contributed by atoms with Gasteiger partial charge in [-0.1, -0.05) is 49.9 Å². The Labute approximate surface area is 199 Å². The molecule has 1 fully saturated rings. The van der Waals surface area contributed by atoms with Crippen LogP contribution in [0.5, 0.6) is 5.75 Å². The lowest BCUT2D eigenvalue weighted by Gasteiger charge is -2.35. The third kappa shape index (κ3) is 4.43. The van der Waals surface area contributed by atoms with E-state index >= 15 is 0 Å². The second-order valence-electron chi connectivity index (χ2n) is 8.73. The van der Waals surface area contributed by atoms with E-state index in [-0.39, 0.29) is 41.7 Å². The number of allylic oxidation sites excluding steroid dienone is 2. The predicted octanol–water partition coefficient (Wildman–Crippen LogP) is 3.88. The minimum absolute atomic E-state index is 0.0546. The van der Waals surface area contributed by atoms with Crippen molar-refractivity contribution in [3.8, 4) is 5.75 Å². The maximum absolute atomic E-state index is 13.2. The number of aromatic hydroxyl groups is 1. The van der Waals surface area contributed by atoms with Gasteiger partial charge in [-0.25, -0.2) is 0 Å². The van der Waals surface area contributed by atoms with Crippen molar-refractivity contribution in [2.24, 2.45) is 0 Å². The highest BCUT2D eigenvalue weighted by atomic mass is 16.3. The number of rotatable bonds is 8. The van der Waals surface area contributed by atoms with Crippen molar-refractivity contribution in [3.05, 3.63) is 83.2 Å². The summed E-state index contributed by atoms with van der Waals surface area (Å²) in [6, 6.07) is 14.5. The molecule has 1 unspecified atom stereocenters. The van der Waals surface area contributed by atoms with E-state index in [0.717, 1.165) is 31.2 Å². The molecule has 0 spiro atoms. The Kier molecular flexibility index (Phi) is 7.03. The van der Waals surface area contributed by atoms with Crippen molar-refractivity contribution < 1.29 is 19.8 Å². The number of nitrogens with zero attached hydrogens (tertiary/aromatic N) is 1. The van der Waals surface area contributed by atoms with Crippen LogP contribution in [0.25, 0.3) is 0 Å². The second-order valence-corrected chi connectivity index (χ2v) is 8.73. The third-order valence-electron chi connectivity index (χ3n) is 6.61. The van der Waals surface area contributed by atoms with Gasteiger partial charge < -0.3 is 25.7 Å². The lowest BCUT2D eigenvalue weighted by molar-refractivity contribution is -0.113. The monoisotopic (exact) mass is 461 g/mol. The number of amides is 1. The Bertz CT molecular complexity index is 1130. The first-order valence-electron chi connectivity index (χ1n) is 11.8. The number of nitrogens with one attached hydrogen (secondary N) is 2. The van der Waals surface area contributed by atoms with Gasteiger partial charge in [-0.05, 0) is 43.4 Å². The number of piperidine rings is 1. The SMILES string of the molecule is C=C1C(=O)C(N[C@H](CC)c2ccccc2)=C1Nc1cccc(C(=O)N2CCCCC2CO)c1O. The number of hydrogen-bond acceptors (Lipinski definition) is 6. The van der Waals surface area contributed by atoms with Crippen molar-refractivity contribution >= 4 is 17.4 Å². The number of aliphatic hydroxyl groups is 1. The van der Waals surface area contributed by atoms with Crippen molar-refractivity contribution in [1.82, 2.24) is 10.2 Å². The van der Waals surface area contributed by atoms with Gasteiger partial charge in [-0.3, -0.25) is 9.59 Å². The van der Waals surface area contributed by atoms with Gasteiger partial charge in [0.2, 0.25) is 5.78 Å². The van der Waals surface area contributed by atoms with E-state index in [0.29, 0.717) is 29.2 Å². The van der Waals surface area contributed by atoms with E-state index < -0.39 is 0 Å². The van der Waals surface area contributed by atoms with Crippen LogP contribution in [0, 0.1) is 0 Å². The number of ketones is 1. The molecular weight excluding hydrogens is 430 g/mol. The zero-order valence-electron chi connectivity index (χ0n) is 19.4. The molecule has 2 atom stereocenters. The summed E-state index contributed by atoms with van der Waals surface area (Å²) in [4.78, 5) is 27.4. The first-order chi connectivity index (χ1) is 16.5. The maximum atomic E-state index is 13.2. The van der Waals surface area contributed by atoms with Crippen LogP contribution in [0.2, 0.25) is 0 Å². The number of aliphatic hydroxyl groups excluding tert-OH is 1. The Balaban J connectivity index is 1.59. The van der Waals surface area contributed by atoms with Crippen LogP contribution in [0.15, 0.2) is 72.1 Å². The summed E-state index contributed by atoms with van der Waals surface area (Å²) in [6.45, 7) is 6.34. The average Bonchev–Trinajstić information content (AvgIpc) is 2.89. The molecule has 0 radical (unpaired) electrons. The molecule has 4 rings (SSSR count). The summed E-state index contributed by atoms with van der Waals surface area (Å²) >= 11 is 0. The maximum Gasteiger partial charge on any atom is 0.258 e. The lowest BCUT2D eigenvalue weighted by atomic mass is 9.91. The van der Waals surface area contributed by atoms with Gasteiger partial charge in [-0.2, -0.15) is 0 Å². The first kappa shape index (κ1) is 23.6. The van der Waals surface area contributed by atoms with E-state index in [2.05, 4.69) is 17.2 Å². The predicted molar refractivity (Wildman–Crippen MR) is 131 cm³/mol. The van der Waals surface area contributed by atoms with Gasteiger partial charge in [-0.15, -0.1) is 0 Å². The smallest absolute Gasteiger partial charge is 0.258 e. The number of likely N-dealkylation sites (tertiary alicyclic amines) is 1. The van der Waals surface area contributed by atoms with Crippen molar-refractivity contribution in [3.63, 3.8) is 0 Å². The van der Waals surface area contributed by atoms with Gasteiger partial charge >= 0.3 is 0 Å². The van der Waals surface area contributed by atoms with Crippen LogP contribution in [-0.4, -0.2) is 46.0 Å². The number of phenolic OH excluding ortho intramolecular Hbond substituents is 1. The van der Waals surface area contributed by atoms with Gasteiger partial charge in [0.25, 0.3) is 5.91 Å². The summed E-state index contributed by atoms with van der Waals surface area (Å²) < 4.78 is 0. The zero-order valence-corrected chi connectivity index (χ0v) is 19.4. The van der Waals surface area contributed by atoms with Crippen molar-refractivity contribution in [2.45, 2.75) is 44.7 Å². The molecule has 7 nitrogen and oxygen atoms in total. The average molecular weight is 462 g/mol. The molecule has 7 heteroatoms. The number of benzene rings is 2. The zero-order chi connectivity index (χ0) is 24.2. The topological polar surface area (TPSA) is 102 Å². The minimum atomic E-state index is -0.314. The number of Topliss-reactive ketones (excluding diaryl/α,β-unsaturated/α-hetero) is 1. The van der Waals surface area contributed by atoms with Crippen molar-refractivity contribution in [1.29, 1.82) is 0 Å². The summed E-state index contributed by atoms with van der Waals surface area (Å²) in [7, 11) is 0. The number of carbonyl (C=O) groups excluding carboxylic acids is 2. The van der Waals surface area contributed by atoms with Crippen LogP contribution < -0.4 is 10.6 Å². The lowest BCUT2D eigenvalue weighted by Crippen LogP contribution is -2.45. The fourth-order valence-corrected chi connectivity index (χ4v) is 4.59. The van der Waals surface area contributed by atoms with Crippen LogP contribution in [0.1, 0.15) is 54.6 Å². The fourth-order valence-electron chi connectivity index (χ4n) is 4.59. The Hall–Kier alpha value is -3.58. The van der Waals surface area contributed by atoms with E-state index in [4.69, 9.17) is 0 Å². The van der Waals surface area contributed by atoms with Crippen molar-refractivity contribution in [2.75, 3.05) is 18.5 Å². The van der Waals surface area contributed by atoms with Crippen LogP contribution in [0.3, 0.4) is 0 Å². The fraction of sp³-hybridized carbons (Fsp3) is 0.333. The first-order valence-corrected chi connectivity index (χ1v) is 11.8. The molecule has 1 heterocycles. The third-order valence-corrected chi connectivity index (χ3v) is 6.61. The molecule has 2 aliphatic rings. The largest absolute Gasteiger partial charge is 0.505 e. The number of para-hydroxylation sites is 1. The Morgan fingerprint density at radius 3 is 2.62 bits per heavy atom.